The number of anilines is 1. The molecule has 1 N–H and O–H groups in total. The molecule has 0 saturated heterocycles. The van der Waals surface area contributed by atoms with E-state index in [-0.39, 0.29) is 11.4 Å². The van der Waals surface area contributed by atoms with Gasteiger partial charge in [0.2, 0.25) is 0 Å². The van der Waals surface area contributed by atoms with Crippen molar-refractivity contribution in [2.45, 2.75) is 13.0 Å². The summed E-state index contributed by atoms with van der Waals surface area (Å²) in [7, 11) is 0. The molecule has 7 heteroatoms. The van der Waals surface area contributed by atoms with Gasteiger partial charge < -0.3 is 5.32 Å². The summed E-state index contributed by atoms with van der Waals surface area (Å²) in [4.78, 5) is 10.4. The van der Waals surface area contributed by atoms with Crippen LogP contribution in [0.1, 0.15) is 18.5 Å². The summed E-state index contributed by atoms with van der Waals surface area (Å²) in [5.74, 6) is -4.21. The number of para-hydroxylation sites is 1. The lowest BCUT2D eigenvalue weighted by molar-refractivity contribution is -0.385. The maximum Gasteiger partial charge on any atom is 0.274 e. The number of halogens is 3. The average molecular weight is 296 g/mol. The molecule has 0 heterocycles. The minimum atomic E-state index is -1.56. The first kappa shape index (κ1) is 14.8. The lowest BCUT2D eigenvalue weighted by atomic mass is 10.1. The highest BCUT2D eigenvalue weighted by Crippen LogP contribution is 2.28. The molecule has 1 unspecified atom stereocenters. The molecule has 0 bridgehead atoms. The van der Waals surface area contributed by atoms with Crippen molar-refractivity contribution in [3.63, 3.8) is 0 Å². The number of benzene rings is 2. The summed E-state index contributed by atoms with van der Waals surface area (Å²) in [6.45, 7) is 1.60. The Hall–Kier alpha value is -2.57. The summed E-state index contributed by atoms with van der Waals surface area (Å²) in [5, 5.41) is 13.7. The van der Waals surface area contributed by atoms with Crippen LogP contribution in [0.15, 0.2) is 36.4 Å². The molecule has 2 aromatic rings. The highest BCUT2D eigenvalue weighted by atomic mass is 19.2. The van der Waals surface area contributed by atoms with E-state index in [9.17, 15) is 23.3 Å². The minimum absolute atomic E-state index is 0.00273. The molecule has 21 heavy (non-hydrogen) atoms. The normalized spacial score (nSPS) is 12.0. The van der Waals surface area contributed by atoms with Gasteiger partial charge >= 0.3 is 0 Å². The molecule has 110 valence electrons. The van der Waals surface area contributed by atoms with Gasteiger partial charge in [0.25, 0.3) is 5.69 Å². The van der Waals surface area contributed by atoms with Gasteiger partial charge in [0.05, 0.1) is 16.5 Å². The summed E-state index contributed by atoms with van der Waals surface area (Å²) in [6, 6.07) is 7.01. The molecule has 0 aliphatic carbocycles. The van der Waals surface area contributed by atoms with Crippen molar-refractivity contribution in [3.8, 4) is 0 Å². The van der Waals surface area contributed by atoms with Crippen LogP contribution in [0.5, 0.6) is 0 Å². The second-order valence-corrected chi connectivity index (χ2v) is 4.44. The molecule has 0 radical (unpaired) electrons. The number of hydrogen-bond donors (Lipinski definition) is 1. The fraction of sp³-hybridized carbons (Fsp3) is 0.143. The van der Waals surface area contributed by atoms with Crippen molar-refractivity contribution in [2.75, 3.05) is 5.32 Å². The van der Waals surface area contributed by atoms with Gasteiger partial charge in [0.15, 0.2) is 17.5 Å². The third-order valence-electron chi connectivity index (χ3n) is 2.97. The second kappa shape index (κ2) is 5.82. The first-order valence-electron chi connectivity index (χ1n) is 6.04. The Labute approximate surface area is 118 Å². The van der Waals surface area contributed by atoms with E-state index in [1.165, 1.54) is 18.2 Å². The quantitative estimate of drug-likeness (QED) is 0.523. The predicted octanol–water partition coefficient (Wildman–Crippen LogP) is 4.19. The van der Waals surface area contributed by atoms with Gasteiger partial charge in [-0.05, 0) is 6.92 Å². The fourth-order valence-corrected chi connectivity index (χ4v) is 1.99. The lowest BCUT2D eigenvalue weighted by Crippen LogP contribution is -2.10. The van der Waals surface area contributed by atoms with Gasteiger partial charge in [-0.3, -0.25) is 10.1 Å². The smallest absolute Gasteiger partial charge is 0.274 e. The average Bonchev–Trinajstić information content (AvgIpc) is 2.44. The first-order chi connectivity index (χ1) is 9.90. The molecule has 0 aliphatic rings. The Kier molecular flexibility index (Phi) is 4.11. The SMILES string of the molecule is CC(Nc1cc(F)c(F)c(F)c1)c1ccccc1[N+](=O)[O-]. The van der Waals surface area contributed by atoms with Gasteiger partial charge in [-0.1, -0.05) is 18.2 Å². The van der Waals surface area contributed by atoms with Crippen LogP contribution in [0.25, 0.3) is 0 Å². The van der Waals surface area contributed by atoms with Crippen molar-refractivity contribution in [2.24, 2.45) is 0 Å². The van der Waals surface area contributed by atoms with E-state index in [4.69, 9.17) is 0 Å². The topological polar surface area (TPSA) is 55.2 Å². The highest BCUT2D eigenvalue weighted by Gasteiger charge is 2.19. The summed E-state index contributed by atoms with van der Waals surface area (Å²) in [5.41, 5.74) is 0.241. The van der Waals surface area contributed by atoms with Crippen LogP contribution in [0, 0.1) is 27.6 Å². The minimum Gasteiger partial charge on any atom is -0.378 e. The third kappa shape index (κ3) is 3.13. The van der Waals surface area contributed by atoms with Crippen LogP contribution >= 0.6 is 0 Å². The van der Waals surface area contributed by atoms with Gasteiger partial charge in [0.1, 0.15) is 0 Å². The zero-order chi connectivity index (χ0) is 15.6. The number of nitro groups is 1. The fourth-order valence-electron chi connectivity index (χ4n) is 1.99. The Bertz CT molecular complexity index is 669. The molecule has 0 amide bonds. The summed E-state index contributed by atoms with van der Waals surface area (Å²) in [6.07, 6.45) is 0. The zero-order valence-corrected chi connectivity index (χ0v) is 10.9. The Morgan fingerprint density at radius 1 is 1.14 bits per heavy atom. The highest BCUT2D eigenvalue weighted by molar-refractivity contribution is 5.50. The van der Waals surface area contributed by atoms with E-state index in [1.54, 1.807) is 13.0 Å². The summed E-state index contributed by atoms with van der Waals surface area (Å²) < 4.78 is 39.1. The van der Waals surface area contributed by atoms with Gasteiger partial charge in [-0.15, -0.1) is 0 Å². The van der Waals surface area contributed by atoms with Crippen molar-refractivity contribution in [1.29, 1.82) is 0 Å². The number of hydrogen-bond acceptors (Lipinski definition) is 3. The number of nitrogens with one attached hydrogen (secondary N) is 1. The largest absolute Gasteiger partial charge is 0.378 e. The van der Waals surface area contributed by atoms with E-state index in [0.29, 0.717) is 5.56 Å². The maximum atomic E-state index is 13.1. The molecular formula is C14H11F3N2O2. The van der Waals surface area contributed by atoms with Crippen LogP contribution < -0.4 is 5.32 Å². The molecule has 2 aromatic carbocycles. The molecule has 0 saturated carbocycles. The standard InChI is InChI=1S/C14H11F3N2O2/c1-8(10-4-2-3-5-13(10)19(20)21)18-9-6-11(15)14(17)12(16)7-9/h2-8,18H,1H3. The maximum absolute atomic E-state index is 13.1. The van der Waals surface area contributed by atoms with Crippen molar-refractivity contribution in [1.82, 2.24) is 0 Å². The Morgan fingerprint density at radius 3 is 2.29 bits per heavy atom. The number of rotatable bonds is 4. The zero-order valence-electron chi connectivity index (χ0n) is 10.9. The Morgan fingerprint density at radius 2 is 1.71 bits per heavy atom. The van der Waals surface area contributed by atoms with E-state index < -0.39 is 28.4 Å². The molecule has 1 atom stereocenters. The lowest BCUT2D eigenvalue weighted by Gasteiger charge is -2.16. The van der Waals surface area contributed by atoms with E-state index in [2.05, 4.69) is 5.32 Å². The van der Waals surface area contributed by atoms with E-state index >= 15 is 0 Å². The molecular weight excluding hydrogens is 285 g/mol. The van der Waals surface area contributed by atoms with Crippen LogP contribution in [-0.4, -0.2) is 4.92 Å². The van der Waals surface area contributed by atoms with E-state index in [0.717, 1.165) is 12.1 Å². The van der Waals surface area contributed by atoms with Crippen molar-refractivity contribution in [3.05, 3.63) is 69.5 Å². The molecule has 0 spiro atoms. The van der Waals surface area contributed by atoms with Gasteiger partial charge in [-0.25, -0.2) is 13.2 Å². The van der Waals surface area contributed by atoms with Crippen molar-refractivity contribution < 1.29 is 18.1 Å². The molecule has 4 nitrogen and oxygen atoms in total. The van der Waals surface area contributed by atoms with Crippen LogP contribution in [0.3, 0.4) is 0 Å². The molecule has 2 rings (SSSR count). The predicted molar refractivity (Wildman–Crippen MR) is 71.5 cm³/mol. The van der Waals surface area contributed by atoms with Gasteiger partial charge in [-0.2, -0.15) is 0 Å². The van der Waals surface area contributed by atoms with Crippen molar-refractivity contribution >= 4 is 11.4 Å². The summed E-state index contributed by atoms with van der Waals surface area (Å²) >= 11 is 0. The van der Waals surface area contributed by atoms with Crippen LogP contribution in [0.2, 0.25) is 0 Å². The number of nitrogens with zero attached hydrogens (tertiary/aromatic N) is 1. The Balaban J connectivity index is 2.30. The third-order valence-corrected chi connectivity index (χ3v) is 2.97. The second-order valence-electron chi connectivity index (χ2n) is 4.44. The first-order valence-corrected chi connectivity index (χ1v) is 6.04. The molecule has 0 fully saturated rings. The van der Waals surface area contributed by atoms with E-state index in [1.807, 2.05) is 0 Å². The molecule has 0 aromatic heterocycles. The van der Waals surface area contributed by atoms with Crippen LogP contribution in [0.4, 0.5) is 24.5 Å². The number of nitro benzene ring substituents is 1. The monoisotopic (exact) mass is 296 g/mol. The van der Waals surface area contributed by atoms with Crippen LogP contribution in [-0.2, 0) is 0 Å². The molecule has 0 aliphatic heterocycles. The van der Waals surface area contributed by atoms with Gasteiger partial charge in [0, 0.05) is 23.9 Å².